The van der Waals surface area contributed by atoms with Crippen molar-refractivity contribution >= 4 is 23.4 Å². The molecule has 0 saturated carbocycles. The second kappa shape index (κ2) is 6.64. The van der Waals surface area contributed by atoms with Crippen molar-refractivity contribution in [1.82, 2.24) is 0 Å². The van der Waals surface area contributed by atoms with E-state index >= 15 is 0 Å². The predicted molar refractivity (Wildman–Crippen MR) is 70.6 cm³/mol. The summed E-state index contributed by atoms with van der Waals surface area (Å²) in [7, 11) is 0. The van der Waals surface area contributed by atoms with E-state index in [1.54, 1.807) is 24.3 Å². The predicted octanol–water partition coefficient (Wildman–Crippen LogP) is 2.99. The quantitative estimate of drug-likeness (QED) is 0.863. The lowest BCUT2D eigenvalue weighted by Gasteiger charge is -2.14. The van der Waals surface area contributed by atoms with Crippen LogP contribution in [0.2, 0.25) is 0 Å². The summed E-state index contributed by atoms with van der Waals surface area (Å²) in [6, 6.07) is 6.95. The number of hydrogen-bond donors (Lipinski definition) is 2. The molecule has 1 atom stereocenters. The number of benzene rings is 1. The van der Waals surface area contributed by atoms with E-state index in [0.717, 1.165) is 6.42 Å². The molecular formula is C13H18N2O3. The van der Waals surface area contributed by atoms with Crippen LogP contribution in [0.1, 0.15) is 27.2 Å². The first-order valence-electron chi connectivity index (χ1n) is 5.87. The van der Waals surface area contributed by atoms with Crippen molar-refractivity contribution in [2.75, 3.05) is 10.6 Å². The number of carbonyl (C=O) groups is 2. The minimum Gasteiger partial charge on any atom is -0.446 e. The van der Waals surface area contributed by atoms with Crippen LogP contribution in [0.15, 0.2) is 24.3 Å². The van der Waals surface area contributed by atoms with E-state index in [1.165, 1.54) is 6.92 Å². The van der Waals surface area contributed by atoms with Gasteiger partial charge in [0.15, 0.2) is 0 Å². The molecule has 98 valence electrons. The standard InChI is InChI=1S/C13H18N2O3/c1-4-9(2)18-13(17)15-12-8-6-5-7-11(12)14-10(3)16/h5-9H,4H2,1-3H3,(H,14,16)(H,15,17). The number of nitrogens with one attached hydrogen (secondary N) is 2. The molecule has 18 heavy (non-hydrogen) atoms. The van der Waals surface area contributed by atoms with Crippen LogP contribution in [0, 0.1) is 0 Å². The maximum absolute atomic E-state index is 11.6. The highest BCUT2D eigenvalue weighted by atomic mass is 16.6. The Kier molecular flexibility index (Phi) is 5.17. The Morgan fingerprint density at radius 2 is 1.78 bits per heavy atom. The fourth-order valence-corrected chi connectivity index (χ4v) is 1.30. The monoisotopic (exact) mass is 250 g/mol. The summed E-state index contributed by atoms with van der Waals surface area (Å²) < 4.78 is 5.10. The molecule has 5 nitrogen and oxygen atoms in total. The van der Waals surface area contributed by atoms with E-state index in [0.29, 0.717) is 11.4 Å². The van der Waals surface area contributed by atoms with Crippen LogP contribution in [0.4, 0.5) is 16.2 Å². The summed E-state index contributed by atoms with van der Waals surface area (Å²) in [6.45, 7) is 5.16. The van der Waals surface area contributed by atoms with Crippen molar-refractivity contribution in [3.8, 4) is 0 Å². The third kappa shape index (κ3) is 4.45. The van der Waals surface area contributed by atoms with Gasteiger partial charge in [-0.05, 0) is 25.5 Å². The Hall–Kier alpha value is -2.04. The highest BCUT2D eigenvalue weighted by molar-refractivity contribution is 5.96. The summed E-state index contributed by atoms with van der Waals surface area (Å²) in [5.41, 5.74) is 1.06. The molecule has 0 bridgehead atoms. The van der Waals surface area contributed by atoms with Crippen LogP contribution in [-0.4, -0.2) is 18.1 Å². The van der Waals surface area contributed by atoms with Gasteiger partial charge in [-0.25, -0.2) is 4.79 Å². The van der Waals surface area contributed by atoms with E-state index < -0.39 is 6.09 Å². The number of anilines is 2. The zero-order valence-electron chi connectivity index (χ0n) is 10.8. The van der Waals surface area contributed by atoms with E-state index in [2.05, 4.69) is 10.6 Å². The third-order valence-electron chi connectivity index (χ3n) is 2.36. The average Bonchev–Trinajstić information content (AvgIpc) is 2.30. The maximum Gasteiger partial charge on any atom is 0.411 e. The van der Waals surface area contributed by atoms with Gasteiger partial charge in [-0.2, -0.15) is 0 Å². The van der Waals surface area contributed by atoms with Crippen LogP contribution in [0.5, 0.6) is 0 Å². The van der Waals surface area contributed by atoms with E-state index in [9.17, 15) is 9.59 Å². The second-order valence-corrected chi connectivity index (χ2v) is 3.98. The lowest BCUT2D eigenvalue weighted by Crippen LogP contribution is -2.20. The van der Waals surface area contributed by atoms with Crippen molar-refractivity contribution in [2.24, 2.45) is 0 Å². The summed E-state index contributed by atoms with van der Waals surface area (Å²) in [6.07, 6.45) is 0.0842. The number of rotatable bonds is 4. The third-order valence-corrected chi connectivity index (χ3v) is 2.36. The normalized spacial score (nSPS) is 11.5. The topological polar surface area (TPSA) is 67.4 Å². The molecule has 0 aliphatic heterocycles. The highest BCUT2D eigenvalue weighted by Crippen LogP contribution is 2.21. The first-order valence-corrected chi connectivity index (χ1v) is 5.87. The molecule has 0 saturated heterocycles. The number of para-hydroxylation sites is 2. The largest absolute Gasteiger partial charge is 0.446 e. The molecule has 1 unspecified atom stereocenters. The summed E-state index contributed by atoms with van der Waals surface area (Å²) in [5, 5.41) is 5.24. The van der Waals surface area contributed by atoms with Crippen molar-refractivity contribution in [3.63, 3.8) is 0 Å². The zero-order chi connectivity index (χ0) is 13.5. The fraction of sp³-hybridized carbons (Fsp3) is 0.385. The van der Waals surface area contributed by atoms with Gasteiger partial charge in [0.1, 0.15) is 6.10 Å². The Bertz CT molecular complexity index is 432. The molecular weight excluding hydrogens is 232 g/mol. The fourth-order valence-electron chi connectivity index (χ4n) is 1.30. The maximum atomic E-state index is 11.6. The van der Waals surface area contributed by atoms with Gasteiger partial charge >= 0.3 is 6.09 Å². The van der Waals surface area contributed by atoms with Crippen LogP contribution in [0.25, 0.3) is 0 Å². The first kappa shape index (κ1) is 14.0. The van der Waals surface area contributed by atoms with Gasteiger partial charge in [-0.1, -0.05) is 19.1 Å². The SMILES string of the molecule is CCC(C)OC(=O)Nc1ccccc1NC(C)=O. The molecule has 0 spiro atoms. The lowest BCUT2D eigenvalue weighted by atomic mass is 10.2. The second-order valence-electron chi connectivity index (χ2n) is 3.98. The molecule has 0 aromatic heterocycles. The van der Waals surface area contributed by atoms with E-state index in [4.69, 9.17) is 4.74 Å². The lowest BCUT2D eigenvalue weighted by molar-refractivity contribution is -0.114. The molecule has 2 amide bonds. The minimum absolute atomic E-state index is 0.141. The van der Waals surface area contributed by atoms with Crippen LogP contribution >= 0.6 is 0 Å². The number of amides is 2. The van der Waals surface area contributed by atoms with Gasteiger partial charge in [0, 0.05) is 6.92 Å². The van der Waals surface area contributed by atoms with E-state index in [1.807, 2.05) is 13.8 Å². The molecule has 2 N–H and O–H groups in total. The molecule has 1 rings (SSSR count). The van der Waals surface area contributed by atoms with Crippen LogP contribution in [-0.2, 0) is 9.53 Å². The summed E-state index contributed by atoms with van der Waals surface area (Å²) in [4.78, 5) is 22.6. The van der Waals surface area contributed by atoms with Crippen molar-refractivity contribution in [3.05, 3.63) is 24.3 Å². The van der Waals surface area contributed by atoms with Gasteiger partial charge in [0.05, 0.1) is 11.4 Å². The summed E-state index contributed by atoms with van der Waals surface area (Å²) in [5.74, 6) is -0.195. The smallest absolute Gasteiger partial charge is 0.411 e. The number of hydrogen-bond acceptors (Lipinski definition) is 3. The van der Waals surface area contributed by atoms with Crippen molar-refractivity contribution < 1.29 is 14.3 Å². The molecule has 0 aliphatic carbocycles. The van der Waals surface area contributed by atoms with Gasteiger partial charge in [-0.3, -0.25) is 10.1 Å². The molecule has 5 heteroatoms. The van der Waals surface area contributed by atoms with Gasteiger partial charge in [0.25, 0.3) is 0 Å². The Labute approximate surface area is 107 Å². The number of carbonyl (C=O) groups excluding carboxylic acids is 2. The molecule has 1 aromatic rings. The first-order chi connectivity index (χ1) is 8.52. The molecule has 0 aliphatic rings. The zero-order valence-corrected chi connectivity index (χ0v) is 10.8. The highest BCUT2D eigenvalue weighted by Gasteiger charge is 2.10. The summed E-state index contributed by atoms with van der Waals surface area (Å²) >= 11 is 0. The van der Waals surface area contributed by atoms with Crippen LogP contribution in [0.3, 0.4) is 0 Å². The average molecular weight is 250 g/mol. The van der Waals surface area contributed by atoms with Gasteiger partial charge in [0.2, 0.25) is 5.91 Å². The molecule has 1 aromatic carbocycles. The van der Waals surface area contributed by atoms with Crippen LogP contribution < -0.4 is 10.6 Å². The Morgan fingerprint density at radius 1 is 1.22 bits per heavy atom. The van der Waals surface area contributed by atoms with Crippen molar-refractivity contribution in [1.29, 1.82) is 0 Å². The Balaban J connectivity index is 2.71. The Morgan fingerprint density at radius 3 is 2.28 bits per heavy atom. The molecule has 0 radical (unpaired) electrons. The number of ether oxygens (including phenoxy) is 1. The van der Waals surface area contributed by atoms with Gasteiger partial charge in [-0.15, -0.1) is 0 Å². The van der Waals surface area contributed by atoms with Crippen molar-refractivity contribution in [2.45, 2.75) is 33.3 Å². The van der Waals surface area contributed by atoms with Gasteiger partial charge < -0.3 is 10.1 Å². The molecule has 0 fully saturated rings. The minimum atomic E-state index is -0.526. The molecule has 0 heterocycles. The van der Waals surface area contributed by atoms with E-state index in [-0.39, 0.29) is 12.0 Å².